The molecule has 1 aromatic heterocycles. The van der Waals surface area contributed by atoms with Gasteiger partial charge in [-0.2, -0.15) is 20.1 Å². The minimum Gasteiger partial charge on any atom is -0.347 e. The van der Waals surface area contributed by atoms with E-state index in [1.165, 1.54) is 22.8 Å². The van der Waals surface area contributed by atoms with Crippen molar-refractivity contribution in [1.82, 2.24) is 5.32 Å². The van der Waals surface area contributed by atoms with E-state index in [1.54, 1.807) is 35.7 Å². The van der Waals surface area contributed by atoms with Crippen LogP contribution < -0.4 is 5.32 Å². The Balaban J connectivity index is 1.92. The quantitative estimate of drug-likeness (QED) is 0.832. The highest BCUT2D eigenvalue weighted by Crippen LogP contribution is 2.22. The summed E-state index contributed by atoms with van der Waals surface area (Å²) in [7, 11) is 0. The third-order valence-corrected chi connectivity index (χ3v) is 3.54. The second kappa shape index (κ2) is 6.58. The van der Waals surface area contributed by atoms with E-state index in [1.807, 2.05) is 0 Å². The molecule has 1 heterocycles. The van der Waals surface area contributed by atoms with E-state index in [0.29, 0.717) is 5.56 Å². The molecule has 21 heavy (non-hydrogen) atoms. The number of halogens is 2. The van der Waals surface area contributed by atoms with E-state index in [9.17, 15) is 18.4 Å². The summed E-state index contributed by atoms with van der Waals surface area (Å²) < 4.78 is 27.5. The Morgan fingerprint density at radius 1 is 1.14 bits per heavy atom. The van der Waals surface area contributed by atoms with Crippen LogP contribution in [0.2, 0.25) is 0 Å². The highest BCUT2D eigenvalue weighted by atomic mass is 32.1. The molecule has 0 atom stereocenters. The van der Waals surface area contributed by atoms with Crippen molar-refractivity contribution in [2.24, 2.45) is 0 Å². The fraction of sp³-hybridized carbons (Fsp3) is 0.200. The van der Waals surface area contributed by atoms with Crippen LogP contribution in [0.3, 0.4) is 0 Å². The first-order valence-electron chi connectivity index (χ1n) is 6.24. The van der Waals surface area contributed by atoms with Gasteiger partial charge in [0.1, 0.15) is 0 Å². The summed E-state index contributed by atoms with van der Waals surface area (Å²) in [5.74, 6) is -5.89. The van der Waals surface area contributed by atoms with Gasteiger partial charge in [-0.05, 0) is 17.0 Å². The molecule has 2 aromatic rings. The maximum absolute atomic E-state index is 13.7. The van der Waals surface area contributed by atoms with Crippen molar-refractivity contribution in [3.05, 3.63) is 58.3 Å². The molecular formula is C15H13F2NO2S. The summed E-state index contributed by atoms with van der Waals surface area (Å²) in [5.41, 5.74) is 0.918. The summed E-state index contributed by atoms with van der Waals surface area (Å²) in [6, 6.07) is 10.2. The average molecular weight is 309 g/mol. The highest BCUT2D eigenvalue weighted by molar-refractivity contribution is 7.08. The lowest BCUT2D eigenvalue weighted by atomic mass is 10.1. The Morgan fingerprint density at radius 3 is 2.48 bits per heavy atom. The zero-order chi connectivity index (χ0) is 15.3. The smallest absolute Gasteiger partial charge is 0.331 e. The van der Waals surface area contributed by atoms with E-state index in [2.05, 4.69) is 5.32 Å². The number of thiophene rings is 1. The van der Waals surface area contributed by atoms with Gasteiger partial charge in [0.2, 0.25) is 0 Å². The molecule has 0 unspecified atom stereocenters. The SMILES string of the molecule is O=C(CC(F)(F)C(=O)NCc1ccccc1)c1ccsc1. The fourth-order valence-corrected chi connectivity index (χ4v) is 2.38. The number of carbonyl (C=O) groups is 2. The molecule has 0 bridgehead atoms. The number of nitrogens with one attached hydrogen (secondary N) is 1. The van der Waals surface area contributed by atoms with Crippen LogP contribution in [-0.2, 0) is 11.3 Å². The van der Waals surface area contributed by atoms with Gasteiger partial charge >= 0.3 is 5.92 Å². The van der Waals surface area contributed by atoms with Crippen LogP contribution in [0.25, 0.3) is 0 Å². The van der Waals surface area contributed by atoms with Gasteiger partial charge in [-0.3, -0.25) is 9.59 Å². The average Bonchev–Trinajstić information content (AvgIpc) is 2.99. The first-order valence-corrected chi connectivity index (χ1v) is 7.19. The predicted octanol–water partition coefficient (Wildman–Crippen LogP) is 3.27. The zero-order valence-electron chi connectivity index (χ0n) is 11.0. The normalized spacial score (nSPS) is 11.1. The van der Waals surface area contributed by atoms with Gasteiger partial charge in [0, 0.05) is 17.5 Å². The summed E-state index contributed by atoms with van der Waals surface area (Å²) in [5, 5.41) is 5.26. The summed E-state index contributed by atoms with van der Waals surface area (Å²) >= 11 is 1.24. The number of hydrogen-bond acceptors (Lipinski definition) is 3. The Labute approximate surface area is 124 Å². The van der Waals surface area contributed by atoms with E-state index >= 15 is 0 Å². The molecule has 2 rings (SSSR count). The number of rotatable bonds is 6. The Morgan fingerprint density at radius 2 is 1.86 bits per heavy atom. The maximum Gasteiger partial charge on any atom is 0.331 e. The Bertz CT molecular complexity index is 612. The molecular weight excluding hydrogens is 296 g/mol. The van der Waals surface area contributed by atoms with Gasteiger partial charge in [0.25, 0.3) is 5.91 Å². The molecule has 6 heteroatoms. The number of carbonyl (C=O) groups excluding carboxylic acids is 2. The third-order valence-electron chi connectivity index (χ3n) is 2.85. The van der Waals surface area contributed by atoms with E-state index < -0.39 is 24.0 Å². The van der Waals surface area contributed by atoms with Crippen molar-refractivity contribution in [3.63, 3.8) is 0 Å². The van der Waals surface area contributed by atoms with Crippen LogP contribution in [0, 0.1) is 0 Å². The van der Waals surface area contributed by atoms with Crippen LogP contribution in [0.5, 0.6) is 0 Å². The van der Waals surface area contributed by atoms with Crippen molar-refractivity contribution in [1.29, 1.82) is 0 Å². The number of benzene rings is 1. The summed E-state index contributed by atoms with van der Waals surface area (Å²) in [6.07, 6.45) is -1.12. The standard InChI is InChI=1S/C15H13F2NO2S/c16-15(17,8-13(19)12-6-7-21-10-12)14(20)18-9-11-4-2-1-3-5-11/h1-7,10H,8-9H2,(H,18,20). The van der Waals surface area contributed by atoms with Crippen molar-refractivity contribution in [2.45, 2.75) is 18.9 Å². The number of Topliss-reactive ketones (excluding diaryl/α,β-unsaturated/α-hetero) is 1. The molecule has 1 amide bonds. The minimum absolute atomic E-state index is 0.00189. The maximum atomic E-state index is 13.7. The van der Waals surface area contributed by atoms with Gasteiger partial charge in [-0.25, -0.2) is 0 Å². The molecule has 0 spiro atoms. The third kappa shape index (κ3) is 4.19. The van der Waals surface area contributed by atoms with Gasteiger partial charge in [-0.15, -0.1) is 0 Å². The molecule has 3 nitrogen and oxygen atoms in total. The summed E-state index contributed by atoms with van der Waals surface area (Å²) in [4.78, 5) is 23.2. The van der Waals surface area contributed by atoms with Crippen LogP contribution in [0.1, 0.15) is 22.3 Å². The lowest BCUT2D eigenvalue weighted by molar-refractivity contribution is -0.145. The van der Waals surface area contributed by atoms with E-state index in [4.69, 9.17) is 0 Å². The number of ketones is 1. The lowest BCUT2D eigenvalue weighted by Gasteiger charge is -2.15. The van der Waals surface area contributed by atoms with Crippen molar-refractivity contribution in [2.75, 3.05) is 0 Å². The lowest BCUT2D eigenvalue weighted by Crippen LogP contribution is -2.41. The molecule has 0 saturated carbocycles. The predicted molar refractivity (Wildman–Crippen MR) is 76.5 cm³/mol. The first kappa shape index (κ1) is 15.3. The van der Waals surface area contributed by atoms with E-state index in [0.717, 1.165) is 0 Å². The molecule has 0 radical (unpaired) electrons. The van der Waals surface area contributed by atoms with Crippen LogP contribution in [0.15, 0.2) is 47.2 Å². The molecule has 1 aromatic carbocycles. The second-order valence-electron chi connectivity index (χ2n) is 4.48. The zero-order valence-corrected chi connectivity index (χ0v) is 11.8. The van der Waals surface area contributed by atoms with Crippen LogP contribution in [-0.4, -0.2) is 17.6 Å². The topological polar surface area (TPSA) is 46.2 Å². The Hall–Kier alpha value is -2.08. The van der Waals surface area contributed by atoms with Gasteiger partial charge in [0.05, 0.1) is 6.42 Å². The van der Waals surface area contributed by atoms with Crippen molar-refractivity contribution in [3.8, 4) is 0 Å². The number of alkyl halides is 2. The van der Waals surface area contributed by atoms with Gasteiger partial charge < -0.3 is 5.32 Å². The molecule has 110 valence electrons. The van der Waals surface area contributed by atoms with Gasteiger partial charge in [0.15, 0.2) is 5.78 Å². The molecule has 1 N–H and O–H groups in total. The fourth-order valence-electron chi connectivity index (χ4n) is 1.71. The van der Waals surface area contributed by atoms with Crippen LogP contribution in [0.4, 0.5) is 8.78 Å². The largest absolute Gasteiger partial charge is 0.347 e. The summed E-state index contributed by atoms with van der Waals surface area (Å²) in [6.45, 7) is 0.00189. The minimum atomic E-state index is -3.71. The number of hydrogen-bond donors (Lipinski definition) is 1. The van der Waals surface area contributed by atoms with Crippen molar-refractivity contribution >= 4 is 23.0 Å². The number of amides is 1. The second-order valence-corrected chi connectivity index (χ2v) is 5.26. The molecule has 0 fully saturated rings. The Kier molecular flexibility index (Phi) is 4.80. The molecule has 0 aliphatic carbocycles. The molecule has 0 aliphatic rings. The van der Waals surface area contributed by atoms with Gasteiger partial charge in [-0.1, -0.05) is 30.3 Å². The molecule has 0 saturated heterocycles. The highest BCUT2D eigenvalue weighted by Gasteiger charge is 2.41. The monoisotopic (exact) mass is 309 g/mol. The molecule has 0 aliphatic heterocycles. The first-order chi connectivity index (χ1) is 9.99. The van der Waals surface area contributed by atoms with E-state index in [-0.39, 0.29) is 12.1 Å². The van der Waals surface area contributed by atoms with Crippen LogP contribution >= 0.6 is 11.3 Å². The van der Waals surface area contributed by atoms with Crippen molar-refractivity contribution < 1.29 is 18.4 Å².